The second-order valence-corrected chi connectivity index (χ2v) is 2.93. The Morgan fingerprint density at radius 2 is 1.13 bits per heavy atom. The summed E-state index contributed by atoms with van der Waals surface area (Å²) in [6.07, 6.45) is -11.1. The summed E-state index contributed by atoms with van der Waals surface area (Å²) in [6, 6.07) is 0. The lowest BCUT2D eigenvalue weighted by atomic mass is 10.1. The molecule has 2 nitrogen and oxygen atoms in total. The SMILES string of the molecule is CCN(CC)C(N)(C(F)(F)F)C(F)(F)F. The van der Waals surface area contributed by atoms with E-state index in [1.807, 2.05) is 0 Å². The zero-order chi connectivity index (χ0) is 12.5. The van der Waals surface area contributed by atoms with Crippen LogP contribution in [0.15, 0.2) is 0 Å². The van der Waals surface area contributed by atoms with E-state index in [-0.39, 0.29) is 4.90 Å². The van der Waals surface area contributed by atoms with Gasteiger partial charge in [-0.25, -0.2) is 0 Å². The molecule has 0 aromatic heterocycles. The first-order valence-corrected chi connectivity index (χ1v) is 4.19. The van der Waals surface area contributed by atoms with Crippen molar-refractivity contribution in [2.45, 2.75) is 31.9 Å². The Morgan fingerprint density at radius 3 is 1.20 bits per heavy atom. The highest BCUT2D eigenvalue weighted by Crippen LogP contribution is 2.43. The van der Waals surface area contributed by atoms with Gasteiger partial charge in [0.2, 0.25) is 0 Å². The predicted octanol–water partition coefficient (Wildman–Crippen LogP) is 2.11. The van der Waals surface area contributed by atoms with Crippen LogP contribution in [0.2, 0.25) is 0 Å². The summed E-state index contributed by atoms with van der Waals surface area (Å²) in [4.78, 5) is 0.132. The highest BCUT2D eigenvalue weighted by Gasteiger charge is 2.71. The van der Waals surface area contributed by atoms with Crippen LogP contribution in [0.25, 0.3) is 0 Å². The van der Waals surface area contributed by atoms with E-state index in [1.165, 1.54) is 13.8 Å². The van der Waals surface area contributed by atoms with Crippen molar-refractivity contribution < 1.29 is 26.3 Å². The minimum Gasteiger partial charge on any atom is -0.298 e. The Bertz CT molecular complexity index is 191. The van der Waals surface area contributed by atoms with Gasteiger partial charge in [0.15, 0.2) is 0 Å². The van der Waals surface area contributed by atoms with E-state index in [9.17, 15) is 26.3 Å². The lowest BCUT2D eigenvalue weighted by Gasteiger charge is -2.41. The Labute approximate surface area is 83.0 Å². The fourth-order valence-electron chi connectivity index (χ4n) is 1.24. The standard InChI is InChI=1S/C7H12F6N2/c1-3-15(4-2)5(14,6(8,9)10)7(11,12)13/h3-4,14H2,1-2H3. The highest BCUT2D eigenvalue weighted by atomic mass is 19.4. The molecular weight excluding hydrogens is 226 g/mol. The summed E-state index contributed by atoms with van der Waals surface area (Å²) in [5, 5.41) is 0. The molecule has 0 saturated carbocycles. The molecule has 0 radical (unpaired) electrons. The zero-order valence-electron chi connectivity index (χ0n) is 8.21. The molecule has 0 unspecified atom stereocenters. The largest absolute Gasteiger partial charge is 0.429 e. The van der Waals surface area contributed by atoms with Crippen molar-refractivity contribution >= 4 is 0 Å². The Balaban J connectivity index is 5.40. The molecule has 0 heterocycles. The van der Waals surface area contributed by atoms with E-state index in [4.69, 9.17) is 0 Å². The maximum Gasteiger partial charge on any atom is 0.429 e. The van der Waals surface area contributed by atoms with Crippen molar-refractivity contribution in [3.63, 3.8) is 0 Å². The van der Waals surface area contributed by atoms with Gasteiger partial charge in [-0.05, 0) is 13.1 Å². The quantitative estimate of drug-likeness (QED) is 0.602. The van der Waals surface area contributed by atoms with Crippen molar-refractivity contribution in [3.8, 4) is 0 Å². The molecular formula is C7H12F6N2. The molecule has 0 aromatic carbocycles. The van der Waals surface area contributed by atoms with Gasteiger partial charge in [0, 0.05) is 0 Å². The first kappa shape index (κ1) is 14.5. The van der Waals surface area contributed by atoms with Crippen LogP contribution in [0.3, 0.4) is 0 Å². The third-order valence-electron chi connectivity index (χ3n) is 2.13. The van der Waals surface area contributed by atoms with Gasteiger partial charge in [0.1, 0.15) is 0 Å². The number of nitrogens with zero attached hydrogens (tertiary/aromatic N) is 1. The van der Waals surface area contributed by atoms with E-state index in [1.54, 1.807) is 0 Å². The van der Waals surface area contributed by atoms with E-state index in [2.05, 4.69) is 5.73 Å². The van der Waals surface area contributed by atoms with Crippen molar-refractivity contribution in [3.05, 3.63) is 0 Å². The van der Waals surface area contributed by atoms with Gasteiger partial charge < -0.3 is 0 Å². The van der Waals surface area contributed by atoms with E-state index in [0.717, 1.165) is 0 Å². The van der Waals surface area contributed by atoms with Gasteiger partial charge in [-0.3, -0.25) is 10.6 Å². The summed E-state index contributed by atoms with van der Waals surface area (Å²) >= 11 is 0. The van der Waals surface area contributed by atoms with Crippen LogP contribution < -0.4 is 5.73 Å². The smallest absolute Gasteiger partial charge is 0.298 e. The van der Waals surface area contributed by atoms with Crippen LogP contribution in [0.1, 0.15) is 13.8 Å². The number of hydrogen-bond acceptors (Lipinski definition) is 2. The summed E-state index contributed by atoms with van der Waals surface area (Å²) < 4.78 is 74.0. The Morgan fingerprint density at radius 1 is 0.867 bits per heavy atom. The topological polar surface area (TPSA) is 29.3 Å². The second-order valence-electron chi connectivity index (χ2n) is 2.93. The molecule has 0 rings (SSSR count). The third kappa shape index (κ3) is 2.36. The van der Waals surface area contributed by atoms with Crippen LogP contribution >= 0.6 is 0 Å². The maximum absolute atomic E-state index is 12.3. The van der Waals surface area contributed by atoms with Crippen LogP contribution in [-0.2, 0) is 0 Å². The van der Waals surface area contributed by atoms with Gasteiger partial charge in [-0.1, -0.05) is 13.8 Å². The predicted molar refractivity (Wildman–Crippen MR) is 41.9 cm³/mol. The first-order valence-electron chi connectivity index (χ1n) is 4.19. The minimum atomic E-state index is -5.56. The molecule has 0 aliphatic rings. The highest BCUT2D eigenvalue weighted by molar-refractivity contribution is 4.97. The van der Waals surface area contributed by atoms with Gasteiger partial charge >= 0.3 is 12.4 Å². The Kier molecular flexibility index (Phi) is 4.03. The monoisotopic (exact) mass is 238 g/mol. The van der Waals surface area contributed by atoms with E-state index >= 15 is 0 Å². The summed E-state index contributed by atoms with van der Waals surface area (Å²) in [7, 11) is 0. The van der Waals surface area contributed by atoms with E-state index in [0.29, 0.717) is 0 Å². The zero-order valence-corrected chi connectivity index (χ0v) is 8.21. The molecule has 0 atom stereocenters. The number of rotatable bonds is 3. The number of nitrogens with two attached hydrogens (primary N) is 1. The second kappa shape index (κ2) is 4.17. The molecule has 8 heteroatoms. The van der Waals surface area contributed by atoms with Crippen LogP contribution in [-0.4, -0.2) is 36.0 Å². The molecule has 0 saturated heterocycles. The fraction of sp³-hybridized carbons (Fsp3) is 1.00. The average molecular weight is 238 g/mol. The fourth-order valence-corrected chi connectivity index (χ4v) is 1.24. The number of alkyl halides is 6. The molecule has 0 spiro atoms. The van der Waals surface area contributed by atoms with Crippen LogP contribution in [0, 0.1) is 0 Å². The Hall–Kier alpha value is -0.500. The molecule has 92 valence electrons. The summed E-state index contributed by atoms with van der Waals surface area (Å²) in [5.74, 6) is 0. The average Bonchev–Trinajstić information content (AvgIpc) is 2.02. The first-order chi connectivity index (χ1) is 6.52. The normalized spacial score (nSPS) is 14.8. The maximum atomic E-state index is 12.3. The molecule has 0 aliphatic heterocycles. The van der Waals surface area contributed by atoms with E-state index < -0.39 is 31.1 Å². The number of hydrogen-bond donors (Lipinski definition) is 1. The van der Waals surface area contributed by atoms with Gasteiger partial charge in [-0.2, -0.15) is 26.3 Å². The number of halogens is 6. The molecule has 0 aromatic rings. The van der Waals surface area contributed by atoms with Crippen molar-refractivity contribution in [2.24, 2.45) is 5.73 Å². The molecule has 0 aliphatic carbocycles. The molecule has 0 bridgehead atoms. The van der Waals surface area contributed by atoms with Gasteiger partial charge in [0.05, 0.1) is 0 Å². The molecule has 0 amide bonds. The van der Waals surface area contributed by atoms with Crippen molar-refractivity contribution in [1.82, 2.24) is 4.90 Å². The lowest BCUT2D eigenvalue weighted by molar-refractivity contribution is -0.339. The summed E-state index contributed by atoms with van der Waals surface area (Å²) in [5.41, 5.74) is 0.219. The molecule has 15 heavy (non-hydrogen) atoms. The third-order valence-corrected chi connectivity index (χ3v) is 2.13. The van der Waals surface area contributed by atoms with Crippen molar-refractivity contribution in [2.75, 3.05) is 13.1 Å². The summed E-state index contributed by atoms with van der Waals surface area (Å²) in [6.45, 7) is 1.49. The van der Waals surface area contributed by atoms with Crippen molar-refractivity contribution in [1.29, 1.82) is 0 Å². The molecule has 0 fully saturated rings. The van der Waals surface area contributed by atoms with Crippen LogP contribution in [0.5, 0.6) is 0 Å². The van der Waals surface area contributed by atoms with Crippen LogP contribution in [0.4, 0.5) is 26.3 Å². The lowest BCUT2D eigenvalue weighted by Crippen LogP contribution is -2.73. The van der Waals surface area contributed by atoms with Gasteiger partial charge in [-0.15, -0.1) is 0 Å². The van der Waals surface area contributed by atoms with Gasteiger partial charge in [0.25, 0.3) is 5.66 Å². The minimum absolute atomic E-state index is 0.132. The molecule has 2 N–H and O–H groups in total.